The van der Waals surface area contributed by atoms with Gasteiger partial charge in [0, 0.05) is 24.5 Å². The maximum Gasteiger partial charge on any atom is 0.175 e. The van der Waals surface area contributed by atoms with E-state index in [1.54, 1.807) is 12.3 Å². The van der Waals surface area contributed by atoms with Crippen molar-refractivity contribution in [2.24, 2.45) is 0 Å². The summed E-state index contributed by atoms with van der Waals surface area (Å²) >= 11 is 17.7. The molecule has 4 aromatic rings. The minimum atomic E-state index is 0.466. The third-order valence-corrected chi connectivity index (χ3v) is 6.13. The number of benzene rings is 1. The van der Waals surface area contributed by atoms with Gasteiger partial charge < -0.3 is 10.6 Å². The van der Waals surface area contributed by atoms with Gasteiger partial charge in [0.1, 0.15) is 0 Å². The van der Waals surface area contributed by atoms with Gasteiger partial charge in [-0.25, -0.2) is 0 Å². The molecule has 0 fully saturated rings. The monoisotopic (exact) mass is 502 g/mol. The summed E-state index contributed by atoms with van der Waals surface area (Å²) in [6, 6.07) is 5.58. The Morgan fingerprint density at radius 3 is 2.48 bits per heavy atom. The highest BCUT2D eigenvalue weighted by atomic mass is 35.5. The summed E-state index contributed by atoms with van der Waals surface area (Å²) < 4.78 is 5.64. The second-order valence-electron chi connectivity index (χ2n) is 7.66. The molecule has 0 amide bonds. The maximum atomic E-state index is 6.15. The van der Waals surface area contributed by atoms with Gasteiger partial charge in [-0.3, -0.25) is 14.0 Å². The molecule has 172 valence electrons. The van der Waals surface area contributed by atoms with Gasteiger partial charge in [-0.05, 0) is 50.7 Å². The predicted octanol–water partition coefficient (Wildman–Crippen LogP) is 5.13. The molecule has 0 bridgehead atoms. The van der Waals surface area contributed by atoms with E-state index in [0.29, 0.717) is 28.2 Å². The predicted molar refractivity (Wildman–Crippen MR) is 136 cm³/mol. The van der Waals surface area contributed by atoms with Crippen LogP contribution in [0.2, 0.25) is 10.0 Å². The SMILES string of the molecule is CCn1cc(Cn2cc(NC(=S)Nc3c(C)nn(Cc4ccc(Cl)c(Cl)c4)c3C)cn2)cn1. The molecule has 33 heavy (non-hydrogen) atoms. The van der Waals surface area contributed by atoms with Crippen LogP contribution in [0.15, 0.2) is 43.0 Å². The lowest BCUT2D eigenvalue weighted by atomic mass is 10.2. The van der Waals surface area contributed by atoms with Crippen LogP contribution in [-0.4, -0.2) is 34.5 Å². The van der Waals surface area contributed by atoms with Crippen molar-refractivity contribution in [2.75, 3.05) is 10.6 Å². The average molecular weight is 503 g/mol. The van der Waals surface area contributed by atoms with Crippen LogP contribution >= 0.6 is 35.4 Å². The van der Waals surface area contributed by atoms with Crippen LogP contribution in [0, 0.1) is 13.8 Å². The lowest BCUT2D eigenvalue weighted by Gasteiger charge is -2.10. The number of hydrogen-bond acceptors (Lipinski definition) is 4. The second-order valence-corrected chi connectivity index (χ2v) is 8.88. The second kappa shape index (κ2) is 9.94. The van der Waals surface area contributed by atoms with E-state index in [-0.39, 0.29) is 0 Å². The Bertz CT molecular complexity index is 1290. The molecule has 0 aliphatic rings. The molecule has 0 saturated heterocycles. The van der Waals surface area contributed by atoms with Crippen LogP contribution in [-0.2, 0) is 19.6 Å². The number of halogens is 2. The van der Waals surface area contributed by atoms with E-state index in [1.807, 2.05) is 58.6 Å². The van der Waals surface area contributed by atoms with E-state index in [0.717, 1.165) is 40.4 Å². The average Bonchev–Trinajstić information content (AvgIpc) is 3.48. The number of hydrogen-bond donors (Lipinski definition) is 2. The van der Waals surface area contributed by atoms with Gasteiger partial charge in [-0.15, -0.1) is 0 Å². The lowest BCUT2D eigenvalue weighted by Crippen LogP contribution is -2.19. The molecular formula is C22H24Cl2N8S. The Balaban J connectivity index is 1.39. The summed E-state index contributed by atoms with van der Waals surface area (Å²) in [4.78, 5) is 0. The third-order valence-electron chi connectivity index (χ3n) is 5.18. The molecule has 4 rings (SSSR count). The fraction of sp³-hybridized carbons (Fsp3) is 0.273. The quantitative estimate of drug-likeness (QED) is 0.341. The Morgan fingerprint density at radius 2 is 1.76 bits per heavy atom. The van der Waals surface area contributed by atoms with Crippen molar-refractivity contribution in [2.45, 2.75) is 40.4 Å². The minimum absolute atomic E-state index is 0.466. The highest BCUT2D eigenvalue weighted by Gasteiger charge is 2.14. The van der Waals surface area contributed by atoms with Gasteiger partial charge in [0.25, 0.3) is 0 Å². The molecule has 8 nitrogen and oxygen atoms in total. The van der Waals surface area contributed by atoms with E-state index in [9.17, 15) is 0 Å². The topological polar surface area (TPSA) is 77.5 Å². The van der Waals surface area contributed by atoms with Crippen molar-refractivity contribution in [3.63, 3.8) is 0 Å². The molecule has 0 spiro atoms. The van der Waals surface area contributed by atoms with E-state index in [2.05, 4.69) is 32.9 Å². The molecule has 0 saturated carbocycles. The van der Waals surface area contributed by atoms with Gasteiger partial charge in [-0.1, -0.05) is 29.3 Å². The number of nitrogens with one attached hydrogen (secondary N) is 2. The Morgan fingerprint density at radius 1 is 0.970 bits per heavy atom. The van der Waals surface area contributed by atoms with Crippen molar-refractivity contribution < 1.29 is 0 Å². The van der Waals surface area contributed by atoms with Crippen LogP contribution in [0.4, 0.5) is 11.4 Å². The zero-order valence-electron chi connectivity index (χ0n) is 18.5. The highest BCUT2D eigenvalue weighted by molar-refractivity contribution is 7.80. The molecular weight excluding hydrogens is 479 g/mol. The molecule has 0 aliphatic carbocycles. The summed E-state index contributed by atoms with van der Waals surface area (Å²) in [7, 11) is 0. The van der Waals surface area contributed by atoms with Gasteiger partial charge in [0.2, 0.25) is 0 Å². The first-order valence-corrected chi connectivity index (χ1v) is 11.6. The first kappa shape index (κ1) is 23.3. The van der Waals surface area contributed by atoms with E-state index in [1.165, 1.54) is 0 Å². The maximum absolute atomic E-state index is 6.15. The first-order chi connectivity index (χ1) is 15.8. The van der Waals surface area contributed by atoms with E-state index < -0.39 is 0 Å². The lowest BCUT2D eigenvalue weighted by molar-refractivity contribution is 0.654. The normalized spacial score (nSPS) is 11.1. The Labute approximate surface area is 207 Å². The summed E-state index contributed by atoms with van der Waals surface area (Å²) in [6.07, 6.45) is 7.52. The van der Waals surface area contributed by atoms with Gasteiger partial charge >= 0.3 is 0 Å². The van der Waals surface area contributed by atoms with Crippen molar-refractivity contribution in [1.82, 2.24) is 29.3 Å². The summed E-state index contributed by atoms with van der Waals surface area (Å²) in [5, 5.41) is 21.3. The van der Waals surface area contributed by atoms with Crippen LogP contribution < -0.4 is 10.6 Å². The van der Waals surface area contributed by atoms with E-state index in [4.69, 9.17) is 35.4 Å². The smallest absolute Gasteiger partial charge is 0.175 e. The summed E-state index contributed by atoms with van der Waals surface area (Å²) in [5.41, 5.74) is 5.58. The van der Waals surface area contributed by atoms with Crippen LogP contribution in [0.25, 0.3) is 0 Å². The van der Waals surface area contributed by atoms with Crippen molar-refractivity contribution >= 4 is 51.9 Å². The number of thiocarbonyl (C=S) groups is 1. The molecule has 2 N–H and O–H groups in total. The largest absolute Gasteiger partial charge is 0.330 e. The molecule has 0 atom stereocenters. The number of anilines is 2. The van der Waals surface area contributed by atoms with Crippen molar-refractivity contribution in [3.8, 4) is 0 Å². The molecule has 1 aromatic carbocycles. The van der Waals surface area contributed by atoms with Crippen molar-refractivity contribution in [1.29, 1.82) is 0 Å². The zero-order valence-corrected chi connectivity index (χ0v) is 20.8. The van der Waals surface area contributed by atoms with E-state index >= 15 is 0 Å². The highest BCUT2D eigenvalue weighted by Crippen LogP contribution is 2.25. The van der Waals surface area contributed by atoms with Crippen LogP contribution in [0.3, 0.4) is 0 Å². The molecule has 0 unspecified atom stereocenters. The zero-order chi connectivity index (χ0) is 23.5. The molecule has 0 radical (unpaired) electrons. The van der Waals surface area contributed by atoms with Crippen LogP contribution in [0.5, 0.6) is 0 Å². The number of aromatic nitrogens is 6. The number of nitrogens with zero attached hydrogens (tertiary/aromatic N) is 6. The Hall–Kier alpha value is -2.88. The third kappa shape index (κ3) is 5.55. The molecule has 3 aromatic heterocycles. The summed E-state index contributed by atoms with van der Waals surface area (Å²) in [6.45, 7) is 8.05. The fourth-order valence-electron chi connectivity index (χ4n) is 3.48. The van der Waals surface area contributed by atoms with Crippen LogP contribution in [0.1, 0.15) is 29.4 Å². The molecule has 0 aliphatic heterocycles. The van der Waals surface area contributed by atoms with Gasteiger partial charge in [-0.2, -0.15) is 15.3 Å². The first-order valence-electron chi connectivity index (χ1n) is 10.4. The fourth-order valence-corrected chi connectivity index (χ4v) is 4.02. The van der Waals surface area contributed by atoms with Gasteiger partial charge in [0.05, 0.1) is 58.3 Å². The minimum Gasteiger partial charge on any atom is -0.330 e. The van der Waals surface area contributed by atoms with Crippen molar-refractivity contribution in [3.05, 3.63) is 75.5 Å². The molecule has 3 heterocycles. The molecule has 11 heteroatoms. The van der Waals surface area contributed by atoms with Gasteiger partial charge in [0.15, 0.2) is 5.11 Å². The Kier molecular flexibility index (Phi) is 7.02. The number of aryl methyl sites for hydroxylation is 2. The standard InChI is InChI=1S/C22H24Cl2N8S/c1-4-30-10-17(8-25-30)11-31-13-18(9-26-31)27-22(33)28-21-14(2)29-32(15(21)3)12-16-5-6-19(23)20(24)7-16/h5-10,13H,4,11-12H2,1-3H3,(H2,27,28,33). The summed E-state index contributed by atoms with van der Waals surface area (Å²) in [5.74, 6) is 0. The number of rotatable bonds is 7.